The highest BCUT2D eigenvalue weighted by atomic mass is 16.4. The first kappa shape index (κ1) is 12.4. The van der Waals surface area contributed by atoms with Gasteiger partial charge in [-0.25, -0.2) is 0 Å². The van der Waals surface area contributed by atoms with Crippen LogP contribution in [0.4, 0.5) is 0 Å². The van der Waals surface area contributed by atoms with Gasteiger partial charge in [-0.1, -0.05) is 20.8 Å². The maximum atomic E-state index is 10.9. The third-order valence-electron chi connectivity index (χ3n) is 2.34. The Morgan fingerprint density at radius 3 is 2.23 bits per heavy atom. The van der Waals surface area contributed by atoms with Gasteiger partial charge < -0.3 is 10.4 Å². The largest absolute Gasteiger partial charge is 0.481 e. The highest BCUT2D eigenvalue weighted by Gasteiger charge is 2.25. The normalized spacial score (nSPS) is 15.8. The molecule has 2 unspecified atom stereocenters. The van der Waals surface area contributed by atoms with Crippen LogP contribution in [-0.2, 0) is 4.79 Å². The molecule has 0 aliphatic heterocycles. The number of rotatable bonds is 6. The van der Waals surface area contributed by atoms with Crippen LogP contribution < -0.4 is 5.32 Å². The van der Waals surface area contributed by atoms with Crippen molar-refractivity contribution in [3.63, 3.8) is 0 Å². The second-order valence-electron chi connectivity index (χ2n) is 3.88. The van der Waals surface area contributed by atoms with Gasteiger partial charge in [0, 0.05) is 6.04 Å². The van der Waals surface area contributed by atoms with Crippen molar-refractivity contribution < 1.29 is 9.90 Å². The first-order valence-corrected chi connectivity index (χ1v) is 4.92. The van der Waals surface area contributed by atoms with E-state index in [4.69, 9.17) is 5.11 Å². The molecule has 3 heteroatoms. The minimum atomic E-state index is -0.692. The van der Waals surface area contributed by atoms with Gasteiger partial charge in [-0.05, 0) is 25.8 Å². The summed E-state index contributed by atoms with van der Waals surface area (Å²) in [4.78, 5) is 10.9. The van der Waals surface area contributed by atoms with Crippen LogP contribution >= 0.6 is 0 Å². The Balaban J connectivity index is 4.25. The average Bonchev–Trinajstić information content (AvgIpc) is 2.02. The number of aliphatic carboxylic acids is 1. The van der Waals surface area contributed by atoms with Crippen LogP contribution in [0.3, 0.4) is 0 Å². The first-order chi connectivity index (χ1) is 6.02. The maximum Gasteiger partial charge on any atom is 0.308 e. The van der Waals surface area contributed by atoms with Crippen molar-refractivity contribution in [2.45, 2.75) is 39.7 Å². The third kappa shape index (κ3) is 4.27. The molecule has 0 amide bonds. The fourth-order valence-electron chi connectivity index (χ4n) is 1.62. The smallest absolute Gasteiger partial charge is 0.308 e. The summed E-state index contributed by atoms with van der Waals surface area (Å²) in [6.07, 6.45) is 1.61. The molecule has 0 aromatic rings. The molecule has 2 atom stereocenters. The van der Waals surface area contributed by atoms with Crippen molar-refractivity contribution in [2.75, 3.05) is 7.05 Å². The van der Waals surface area contributed by atoms with Crippen molar-refractivity contribution in [3.8, 4) is 0 Å². The molecular formula is C10H21NO2. The molecule has 0 saturated carbocycles. The Labute approximate surface area is 80.5 Å². The molecule has 0 radical (unpaired) electrons. The molecule has 0 spiro atoms. The summed E-state index contributed by atoms with van der Waals surface area (Å²) in [7, 11) is 1.83. The topological polar surface area (TPSA) is 49.3 Å². The average molecular weight is 187 g/mol. The predicted molar refractivity (Wildman–Crippen MR) is 53.7 cm³/mol. The molecule has 0 rings (SSSR count). The van der Waals surface area contributed by atoms with Gasteiger partial charge in [0.25, 0.3) is 0 Å². The van der Waals surface area contributed by atoms with Gasteiger partial charge in [0.15, 0.2) is 0 Å². The van der Waals surface area contributed by atoms with E-state index in [1.807, 2.05) is 14.0 Å². The van der Waals surface area contributed by atoms with Crippen LogP contribution in [-0.4, -0.2) is 24.2 Å². The Morgan fingerprint density at radius 1 is 1.46 bits per heavy atom. The van der Waals surface area contributed by atoms with E-state index in [1.54, 1.807) is 0 Å². The van der Waals surface area contributed by atoms with E-state index in [9.17, 15) is 4.79 Å². The van der Waals surface area contributed by atoms with Crippen molar-refractivity contribution >= 4 is 5.97 Å². The standard InChI is InChI=1S/C10H21NO2/c1-5-8(10(12)13)9(11-4)6-7(2)3/h7-9,11H,5-6H2,1-4H3,(H,12,13). The molecule has 0 heterocycles. The highest BCUT2D eigenvalue weighted by Crippen LogP contribution is 2.16. The van der Waals surface area contributed by atoms with E-state index in [1.165, 1.54) is 0 Å². The lowest BCUT2D eigenvalue weighted by Gasteiger charge is -2.23. The van der Waals surface area contributed by atoms with Crippen LogP contribution in [0.25, 0.3) is 0 Å². The molecule has 0 aliphatic rings. The highest BCUT2D eigenvalue weighted by molar-refractivity contribution is 5.70. The minimum Gasteiger partial charge on any atom is -0.481 e. The predicted octanol–water partition coefficient (Wildman–Crippen LogP) is 1.73. The SMILES string of the molecule is CCC(C(=O)O)C(CC(C)C)NC. The molecule has 0 aliphatic carbocycles. The van der Waals surface area contributed by atoms with Crippen molar-refractivity contribution in [2.24, 2.45) is 11.8 Å². The van der Waals surface area contributed by atoms with E-state index >= 15 is 0 Å². The van der Waals surface area contributed by atoms with Crippen molar-refractivity contribution in [1.29, 1.82) is 0 Å². The van der Waals surface area contributed by atoms with E-state index in [0.717, 1.165) is 6.42 Å². The third-order valence-corrected chi connectivity index (χ3v) is 2.34. The second-order valence-corrected chi connectivity index (χ2v) is 3.88. The number of hydrogen-bond acceptors (Lipinski definition) is 2. The fourth-order valence-corrected chi connectivity index (χ4v) is 1.62. The van der Waals surface area contributed by atoms with Crippen LogP contribution in [0.5, 0.6) is 0 Å². The molecule has 3 nitrogen and oxygen atoms in total. The van der Waals surface area contributed by atoms with Crippen molar-refractivity contribution in [3.05, 3.63) is 0 Å². The van der Waals surface area contributed by atoms with E-state index in [2.05, 4.69) is 19.2 Å². The summed E-state index contributed by atoms with van der Waals surface area (Å²) >= 11 is 0. The van der Waals surface area contributed by atoms with E-state index in [0.29, 0.717) is 12.3 Å². The molecule has 78 valence electrons. The molecule has 2 N–H and O–H groups in total. The lowest BCUT2D eigenvalue weighted by molar-refractivity contribution is -0.143. The van der Waals surface area contributed by atoms with Crippen LogP contribution in [0.2, 0.25) is 0 Å². The zero-order valence-electron chi connectivity index (χ0n) is 9.00. The van der Waals surface area contributed by atoms with Gasteiger partial charge in [0.2, 0.25) is 0 Å². The Hall–Kier alpha value is -0.570. The van der Waals surface area contributed by atoms with E-state index < -0.39 is 5.97 Å². The number of nitrogens with one attached hydrogen (secondary N) is 1. The molecular weight excluding hydrogens is 166 g/mol. The molecule has 13 heavy (non-hydrogen) atoms. The molecule has 0 fully saturated rings. The minimum absolute atomic E-state index is 0.0995. The van der Waals surface area contributed by atoms with Crippen LogP contribution in [0.15, 0.2) is 0 Å². The van der Waals surface area contributed by atoms with Gasteiger partial charge in [-0.2, -0.15) is 0 Å². The monoisotopic (exact) mass is 187 g/mol. The van der Waals surface area contributed by atoms with E-state index in [-0.39, 0.29) is 12.0 Å². The quantitative estimate of drug-likeness (QED) is 0.665. The van der Waals surface area contributed by atoms with Gasteiger partial charge >= 0.3 is 5.97 Å². The maximum absolute atomic E-state index is 10.9. The summed E-state index contributed by atoms with van der Waals surface area (Å²) in [5.41, 5.74) is 0. The van der Waals surface area contributed by atoms with Crippen molar-refractivity contribution in [1.82, 2.24) is 5.32 Å². The Kier molecular flexibility index (Phi) is 5.71. The number of carboxylic acid groups (broad SMARTS) is 1. The van der Waals surface area contributed by atoms with Gasteiger partial charge in [-0.15, -0.1) is 0 Å². The molecule has 0 bridgehead atoms. The number of carbonyl (C=O) groups is 1. The number of carboxylic acids is 1. The number of hydrogen-bond donors (Lipinski definition) is 2. The summed E-state index contributed by atoms with van der Waals surface area (Å²) in [5.74, 6) is -0.416. The zero-order valence-corrected chi connectivity index (χ0v) is 9.00. The van der Waals surface area contributed by atoms with Gasteiger partial charge in [-0.3, -0.25) is 4.79 Å². The molecule has 0 aromatic carbocycles. The lowest BCUT2D eigenvalue weighted by atomic mass is 9.90. The summed E-state index contributed by atoms with van der Waals surface area (Å²) in [5, 5.41) is 12.0. The summed E-state index contributed by atoms with van der Waals surface area (Å²) < 4.78 is 0. The Bertz CT molecular complexity index is 157. The summed E-state index contributed by atoms with van der Waals surface area (Å²) in [6.45, 7) is 6.14. The molecule has 0 saturated heterocycles. The first-order valence-electron chi connectivity index (χ1n) is 4.92. The van der Waals surface area contributed by atoms with Crippen LogP contribution in [0.1, 0.15) is 33.6 Å². The Morgan fingerprint density at radius 2 is 2.00 bits per heavy atom. The summed E-state index contributed by atoms with van der Waals surface area (Å²) in [6, 6.07) is 0.0995. The van der Waals surface area contributed by atoms with Gasteiger partial charge in [0.1, 0.15) is 0 Å². The fraction of sp³-hybridized carbons (Fsp3) is 0.900. The second kappa shape index (κ2) is 5.97. The zero-order chi connectivity index (χ0) is 10.4. The van der Waals surface area contributed by atoms with Crippen LogP contribution in [0, 0.1) is 11.8 Å². The van der Waals surface area contributed by atoms with Gasteiger partial charge in [0.05, 0.1) is 5.92 Å². The lowest BCUT2D eigenvalue weighted by Crippen LogP contribution is -2.38. The molecule has 0 aromatic heterocycles.